The quantitative estimate of drug-likeness (QED) is 0.430. The van der Waals surface area contributed by atoms with E-state index in [-0.39, 0.29) is 17.6 Å². The molecule has 1 aromatic carbocycles. The topological polar surface area (TPSA) is 123 Å². The summed E-state index contributed by atoms with van der Waals surface area (Å²) in [5, 5.41) is 6.99. The summed E-state index contributed by atoms with van der Waals surface area (Å²) in [6, 6.07) is 10.6. The van der Waals surface area contributed by atoms with Crippen LogP contribution in [0.5, 0.6) is 0 Å². The van der Waals surface area contributed by atoms with Crippen molar-refractivity contribution in [3.63, 3.8) is 0 Å². The fraction of sp³-hybridized carbons (Fsp3) is 0.304. The van der Waals surface area contributed by atoms with Crippen molar-refractivity contribution in [2.45, 2.75) is 32.7 Å². The predicted octanol–water partition coefficient (Wildman–Crippen LogP) is 3.43. The number of aromatic nitrogens is 4. The molecule has 0 bridgehead atoms. The van der Waals surface area contributed by atoms with Gasteiger partial charge in [0.15, 0.2) is 0 Å². The Bertz CT molecular complexity index is 1480. The standard InChI is InChI=1S/C23H24N6O4S/c1-3-12-34(31,32)29-11-9-18(29)23-26-21(27-33-23)16-8-7-15(2)17(13-16)25-22(30)19-14-24-20-6-4-5-10-28(19)20/h4-8,10,13-14,18H,3,9,11-12H2,1-2H3,(H,25,30)/t18-/m0/s1. The van der Waals surface area contributed by atoms with Gasteiger partial charge in [-0.05, 0) is 43.5 Å². The molecule has 1 saturated heterocycles. The summed E-state index contributed by atoms with van der Waals surface area (Å²) in [7, 11) is -3.34. The molecule has 3 aromatic heterocycles. The lowest BCUT2D eigenvalue weighted by Crippen LogP contribution is -2.46. The van der Waals surface area contributed by atoms with Crippen LogP contribution >= 0.6 is 0 Å². The molecule has 1 aliphatic rings. The van der Waals surface area contributed by atoms with Gasteiger partial charge in [0.2, 0.25) is 21.7 Å². The Morgan fingerprint density at radius 1 is 1.26 bits per heavy atom. The van der Waals surface area contributed by atoms with Gasteiger partial charge in [-0.2, -0.15) is 9.29 Å². The van der Waals surface area contributed by atoms with Crippen molar-refractivity contribution < 1.29 is 17.7 Å². The number of pyridine rings is 1. The van der Waals surface area contributed by atoms with Crippen molar-refractivity contribution in [2.24, 2.45) is 0 Å². The fourth-order valence-corrected chi connectivity index (χ4v) is 5.71. The lowest BCUT2D eigenvalue weighted by Gasteiger charge is -2.36. The van der Waals surface area contributed by atoms with E-state index in [1.807, 2.05) is 44.2 Å². The van der Waals surface area contributed by atoms with E-state index < -0.39 is 16.1 Å². The van der Waals surface area contributed by atoms with Crippen LogP contribution in [0.25, 0.3) is 17.0 Å². The normalized spacial score (nSPS) is 16.5. The number of fused-ring (bicyclic) bond motifs is 1. The number of amides is 1. The number of nitrogens with one attached hydrogen (secondary N) is 1. The third kappa shape index (κ3) is 3.97. The number of sulfonamides is 1. The van der Waals surface area contributed by atoms with Gasteiger partial charge >= 0.3 is 0 Å². The monoisotopic (exact) mass is 480 g/mol. The van der Waals surface area contributed by atoms with Crippen LogP contribution in [-0.2, 0) is 10.0 Å². The second-order valence-electron chi connectivity index (χ2n) is 8.24. The highest BCUT2D eigenvalue weighted by Gasteiger charge is 2.41. The zero-order chi connectivity index (χ0) is 23.9. The van der Waals surface area contributed by atoms with Crippen LogP contribution in [0.3, 0.4) is 0 Å². The number of benzene rings is 1. The molecule has 176 valence electrons. The van der Waals surface area contributed by atoms with Gasteiger partial charge in [-0.1, -0.05) is 30.3 Å². The summed E-state index contributed by atoms with van der Waals surface area (Å²) >= 11 is 0. The van der Waals surface area contributed by atoms with Gasteiger partial charge < -0.3 is 9.84 Å². The summed E-state index contributed by atoms with van der Waals surface area (Å²) in [6.07, 6.45) is 4.50. The van der Waals surface area contributed by atoms with E-state index in [0.717, 1.165) is 5.56 Å². The van der Waals surface area contributed by atoms with Crippen molar-refractivity contribution in [1.29, 1.82) is 0 Å². The summed E-state index contributed by atoms with van der Waals surface area (Å²) in [5.74, 6) is 0.412. The minimum Gasteiger partial charge on any atom is -0.337 e. The summed E-state index contributed by atoms with van der Waals surface area (Å²) in [5.41, 5.74) is 3.22. The van der Waals surface area contributed by atoms with Gasteiger partial charge in [0.05, 0.1) is 11.9 Å². The van der Waals surface area contributed by atoms with Crippen LogP contribution in [0.1, 0.15) is 47.7 Å². The maximum atomic E-state index is 12.9. The summed E-state index contributed by atoms with van der Waals surface area (Å²) in [6.45, 7) is 4.18. The Balaban J connectivity index is 1.37. The van der Waals surface area contributed by atoms with Crippen molar-refractivity contribution in [1.82, 2.24) is 23.8 Å². The zero-order valence-electron chi connectivity index (χ0n) is 18.8. The second kappa shape index (κ2) is 8.65. The van der Waals surface area contributed by atoms with Crippen molar-refractivity contribution in [3.8, 4) is 11.4 Å². The Hall–Kier alpha value is -3.57. The molecule has 1 N–H and O–H groups in total. The summed E-state index contributed by atoms with van der Waals surface area (Å²) < 4.78 is 33.4. The predicted molar refractivity (Wildman–Crippen MR) is 126 cm³/mol. The van der Waals surface area contributed by atoms with Crippen molar-refractivity contribution >= 4 is 27.3 Å². The molecule has 1 atom stereocenters. The van der Waals surface area contributed by atoms with Gasteiger partial charge in [-0.3, -0.25) is 9.20 Å². The molecule has 1 aliphatic heterocycles. The third-order valence-corrected chi connectivity index (χ3v) is 7.99. The largest absolute Gasteiger partial charge is 0.337 e. The molecule has 0 aliphatic carbocycles. The molecule has 4 aromatic rings. The molecule has 0 spiro atoms. The maximum absolute atomic E-state index is 12.9. The molecular weight excluding hydrogens is 456 g/mol. The molecule has 0 radical (unpaired) electrons. The van der Waals surface area contributed by atoms with Crippen LogP contribution in [0, 0.1) is 6.92 Å². The number of carbonyl (C=O) groups excluding carboxylic acids is 1. The SMILES string of the molecule is CCCS(=O)(=O)N1CC[C@H]1c1nc(-c2ccc(C)c(NC(=O)c3cnc4ccccn34)c2)no1. The third-order valence-electron chi connectivity index (χ3n) is 5.91. The average Bonchev–Trinajstić information content (AvgIpc) is 3.41. The number of imidazole rings is 1. The molecule has 0 saturated carbocycles. The molecule has 1 amide bonds. The Kier molecular flexibility index (Phi) is 5.66. The Morgan fingerprint density at radius 2 is 2.12 bits per heavy atom. The van der Waals surface area contributed by atoms with E-state index in [2.05, 4.69) is 20.4 Å². The van der Waals surface area contributed by atoms with Gasteiger partial charge in [-0.15, -0.1) is 0 Å². The van der Waals surface area contributed by atoms with Crippen molar-refractivity contribution in [2.75, 3.05) is 17.6 Å². The smallest absolute Gasteiger partial charge is 0.274 e. The molecule has 5 rings (SSSR count). The highest BCUT2D eigenvalue weighted by Crippen LogP contribution is 2.36. The first-order chi connectivity index (χ1) is 16.4. The first kappa shape index (κ1) is 22.2. The van der Waals surface area contributed by atoms with Gasteiger partial charge in [0.25, 0.3) is 5.91 Å². The highest BCUT2D eigenvalue weighted by molar-refractivity contribution is 7.89. The number of carbonyl (C=O) groups is 1. The molecule has 1 fully saturated rings. The lowest BCUT2D eigenvalue weighted by atomic mass is 10.1. The van der Waals surface area contributed by atoms with E-state index in [9.17, 15) is 13.2 Å². The molecular formula is C23H24N6O4S. The van der Waals surface area contributed by atoms with Gasteiger partial charge in [0.1, 0.15) is 17.4 Å². The first-order valence-electron chi connectivity index (χ1n) is 11.0. The molecule has 4 heterocycles. The van der Waals surface area contributed by atoms with Gasteiger partial charge in [0, 0.05) is 24.0 Å². The van der Waals surface area contributed by atoms with Crippen LogP contribution in [0.2, 0.25) is 0 Å². The number of nitrogens with zero attached hydrogens (tertiary/aromatic N) is 5. The second-order valence-corrected chi connectivity index (χ2v) is 10.3. The number of rotatable bonds is 7. The minimum absolute atomic E-state index is 0.0952. The van der Waals surface area contributed by atoms with E-state index in [0.29, 0.717) is 47.8 Å². The number of anilines is 1. The zero-order valence-corrected chi connectivity index (χ0v) is 19.6. The van der Waals surface area contributed by atoms with Crippen molar-refractivity contribution in [3.05, 3.63) is 65.9 Å². The average molecular weight is 481 g/mol. The van der Waals surface area contributed by atoms with E-state index in [4.69, 9.17) is 4.52 Å². The first-order valence-corrected chi connectivity index (χ1v) is 12.7. The van der Waals surface area contributed by atoms with Gasteiger partial charge in [-0.25, -0.2) is 13.4 Å². The maximum Gasteiger partial charge on any atom is 0.274 e. The molecule has 34 heavy (non-hydrogen) atoms. The van der Waals surface area contributed by atoms with Crippen LogP contribution in [-0.4, -0.2) is 50.5 Å². The lowest BCUT2D eigenvalue weighted by molar-refractivity contribution is 0.102. The number of aryl methyl sites for hydroxylation is 1. The Morgan fingerprint density at radius 3 is 2.88 bits per heavy atom. The van der Waals surface area contributed by atoms with E-state index in [1.165, 1.54) is 10.5 Å². The fourth-order valence-electron chi connectivity index (χ4n) is 3.99. The molecule has 11 heteroatoms. The summed E-state index contributed by atoms with van der Waals surface area (Å²) in [4.78, 5) is 21.6. The Labute approximate surface area is 196 Å². The minimum atomic E-state index is -3.34. The van der Waals surface area contributed by atoms with E-state index >= 15 is 0 Å². The highest BCUT2D eigenvalue weighted by atomic mass is 32.2. The molecule has 0 unspecified atom stereocenters. The molecule has 10 nitrogen and oxygen atoms in total. The van der Waals surface area contributed by atoms with Crippen LogP contribution < -0.4 is 5.32 Å². The van der Waals surface area contributed by atoms with Crippen LogP contribution in [0.4, 0.5) is 5.69 Å². The van der Waals surface area contributed by atoms with E-state index in [1.54, 1.807) is 16.7 Å². The number of hydrogen-bond acceptors (Lipinski definition) is 7. The van der Waals surface area contributed by atoms with Crippen LogP contribution in [0.15, 0.2) is 53.3 Å². The number of hydrogen-bond donors (Lipinski definition) is 1.